The van der Waals surface area contributed by atoms with Crippen LogP contribution in [0.3, 0.4) is 0 Å². The van der Waals surface area contributed by atoms with Gasteiger partial charge in [-0.1, -0.05) is 50.2 Å². The topological polar surface area (TPSA) is 53.8 Å². The van der Waals surface area contributed by atoms with Crippen molar-refractivity contribution in [3.05, 3.63) is 81.2 Å². The monoisotopic (exact) mass is 390 g/mol. The summed E-state index contributed by atoms with van der Waals surface area (Å²) >= 11 is 0. The highest BCUT2D eigenvalue weighted by molar-refractivity contribution is 5.99. The summed E-state index contributed by atoms with van der Waals surface area (Å²) in [6, 6.07) is 14.9. The Hall–Kier alpha value is -2.92. The van der Waals surface area contributed by atoms with Crippen LogP contribution in [0.25, 0.3) is 11.0 Å². The van der Waals surface area contributed by atoms with E-state index in [1.807, 2.05) is 43.3 Å². The van der Waals surface area contributed by atoms with E-state index >= 15 is 0 Å². The summed E-state index contributed by atoms with van der Waals surface area (Å²) in [5.41, 5.74) is 2.93. The van der Waals surface area contributed by atoms with Crippen LogP contribution in [0.1, 0.15) is 53.1 Å². The molecule has 0 spiro atoms. The second-order valence-electron chi connectivity index (χ2n) is 8.20. The average molecular weight is 390 g/mol. The van der Waals surface area contributed by atoms with E-state index in [4.69, 9.17) is 4.42 Å². The lowest BCUT2D eigenvalue weighted by Gasteiger charge is -2.26. The largest absolute Gasteiger partial charge is 0.450 e. The number of hydrogen-bond acceptors (Lipinski definition) is 4. The fraction of sp³-hybridized carbons (Fsp3) is 0.333. The first-order valence-corrected chi connectivity index (χ1v) is 9.99. The normalized spacial score (nSPS) is 16.3. The Morgan fingerprint density at radius 1 is 1.03 bits per heavy atom. The molecule has 0 N–H and O–H groups in total. The highest BCUT2D eigenvalue weighted by Crippen LogP contribution is 2.38. The van der Waals surface area contributed by atoms with Crippen molar-refractivity contribution in [3.8, 4) is 0 Å². The third-order valence-corrected chi connectivity index (χ3v) is 5.58. The van der Waals surface area contributed by atoms with Crippen molar-refractivity contribution in [3.63, 3.8) is 0 Å². The Balaban J connectivity index is 1.89. The van der Waals surface area contributed by atoms with Crippen LogP contribution in [-0.4, -0.2) is 42.9 Å². The third-order valence-electron chi connectivity index (χ3n) is 5.58. The van der Waals surface area contributed by atoms with Gasteiger partial charge in [-0.2, -0.15) is 0 Å². The molecule has 5 heteroatoms. The van der Waals surface area contributed by atoms with Crippen molar-refractivity contribution in [1.82, 2.24) is 9.80 Å². The van der Waals surface area contributed by atoms with E-state index in [2.05, 4.69) is 26.0 Å². The summed E-state index contributed by atoms with van der Waals surface area (Å²) in [4.78, 5) is 30.4. The molecule has 0 saturated carbocycles. The van der Waals surface area contributed by atoms with Gasteiger partial charge in [0, 0.05) is 13.1 Å². The van der Waals surface area contributed by atoms with Crippen LogP contribution in [0.4, 0.5) is 0 Å². The fourth-order valence-electron chi connectivity index (χ4n) is 3.92. The Kier molecular flexibility index (Phi) is 5.01. The number of likely N-dealkylation sites (N-methyl/N-ethyl adjacent to an activating group) is 1. The predicted octanol–water partition coefficient (Wildman–Crippen LogP) is 4.02. The molecular weight excluding hydrogens is 364 g/mol. The molecule has 4 rings (SSSR count). The van der Waals surface area contributed by atoms with Crippen LogP contribution in [0.15, 0.2) is 57.7 Å². The predicted molar refractivity (Wildman–Crippen MR) is 114 cm³/mol. The molecule has 5 nitrogen and oxygen atoms in total. The summed E-state index contributed by atoms with van der Waals surface area (Å²) in [7, 11) is 3.94. The summed E-state index contributed by atoms with van der Waals surface area (Å²) in [5, 5.41) is 0.511. The first kappa shape index (κ1) is 19.4. The van der Waals surface area contributed by atoms with Gasteiger partial charge in [-0.15, -0.1) is 0 Å². The molecule has 0 aliphatic carbocycles. The first-order valence-electron chi connectivity index (χ1n) is 9.99. The average Bonchev–Trinajstić information content (AvgIpc) is 2.99. The van der Waals surface area contributed by atoms with Gasteiger partial charge < -0.3 is 14.2 Å². The SMILES string of the molecule is CC(C)c1ccc([C@@H]2c3c(oc4ccccc4c3=O)C(=O)N2CCN(C)C)cc1. The van der Waals surface area contributed by atoms with Crippen molar-refractivity contribution in [2.45, 2.75) is 25.8 Å². The van der Waals surface area contributed by atoms with Gasteiger partial charge in [0.2, 0.25) is 5.76 Å². The minimum Gasteiger partial charge on any atom is -0.450 e. The zero-order valence-electron chi connectivity index (χ0n) is 17.3. The van der Waals surface area contributed by atoms with Crippen LogP contribution in [0, 0.1) is 0 Å². The van der Waals surface area contributed by atoms with E-state index in [1.54, 1.807) is 17.0 Å². The van der Waals surface area contributed by atoms with E-state index < -0.39 is 6.04 Å². The van der Waals surface area contributed by atoms with Gasteiger partial charge in [-0.3, -0.25) is 9.59 Å². The molecule has 0 radical (unpaired) electrons. The molecule has 0 bridgehead atoms. The summed E-state index contributed by atoms with van der Waals surface area (Å²) in [6.07, 6.45) is 0. The van der Waals surface area contributed by atoms with Crippen molar-refractivity contribution in [2.75, 3.05) is 27.2 Å². The van der Waals surface area contributed by atoms with Gasteiger partial charge in [0.25, 0.3) is 5.91 Å². The number of hydrogen-bond donors (Lipinski definition) is 0. The van der Waals surface area contributed by atoms with Crippen molar-refractivity contribution < 1.29 is 9.21 Å². The minimum absolute atomic E-state index is 0.125. The molecule has 29 heavy (non-hydrogen) atoms. The summed E-state index contributed by atoms with van der Waals surface area (Å²) in [5.74, 6) is 0.369. The molecule has 0 saturated heterocycles. The molecule has 2 heterocycles. The maximum Gasteiger partial charge on any atom is 0.290 e. The lowest BCUT2D eigenvalue weighted by molar-refractivity contribution is 0.0716. The zero-order valence-corrected chi connectivity index (χ0v) is 17.3. The fourth-order valence-corrected chi connectivity index (χ4v) is 3.92. The standard InChI is InChI=1S/C24H26N2O3/c1-15(2)16-9-11-17(12-10-16)21-20-22(27)18-7-5-6-8-19(18)29-23(20)24(28)26(21)14-13-25(3)4/h5-12,15,21H,13-14H2,1-4H3/t21-/m1/s1. The number of para-hydroxylation sites is 1. The Bertz CT molecular complexity index is 1110. The second-order valence-corrected chi connectivity index (χ2v) is 8.20. The van der Waals surface area contributed by atoms with Gasteiger partial charge in [-0.25, -0.2) is 0 Å². The first-order chi connectivity index (χ1) is 13.9. The van der Waals surface area contributed by atoms with Gasteiger partial charge in [0.05, 0.1) is 17.0 Å². The lowest BCUT2D eigenvalue weighted by Crippen LogP contribution is -2.35. The molecule has 1 aromatic heterocycles. The second kappa shape index (κ2) is 7.48. The van der Waals surface area contributed by atoms with Crippen LogP contribution in [0.2, 0.25) is 0 Å². The van der Waals surface area contributed by atoms with Crippen LogP contribution in [0.5, 0.6) is 0 Å². The van der Waals surface area contributed by atoms with Gasteiger partial charge in [-0.05, 0) is 43.3 Å². The smallest absolute Gasteiger partial charge is 0.290 e. The summed E-state index contributed by atoms with van der Waals surface area (Å²) < 4.78 is 5.94. The van der Waals surface area contributed by atoms with Crippen molar-refractivity contribution in [1.29, 1.82) is 0 Å². The number of benzene rings is 2. The molecular formula is C24H26N2O3. The third kappa shape index (κ3) is 3.36. The van der Waals surface area contributed by atoms with Crippen molar-refractivity contribution in [2.24, 2.45) is 0 Å². The van der Waals surface area contributed by atoms with Crippen LogP contribution in [-0.2, 0) is 0 Å². The number of carbonyl (C=O) groups is 1. The minimum atomic E-state index is -0.431. The molecule has 2 aromatic carbocycles. The molecule has 1 atom stereocenters. The molecule has 1 aliphatic rings. The van der Waals surface area contributed by atoms with E-state index in [1.165, 1.54) is 5.56 Å². The number of rotatable bonds is 5. The molecule has 1 amide bonds. The van der Waals surface area contributed by atoms with E-state index in [-0.39, 0.29) is 17.1 Å². The number of nitrogens with zero attached hydrogens (tertiary/aromatic N) is 2. The van der Waals surface area contributed by atoms with Crippen LogP contribution < -0.4 is 5.43 Å². The summed E-state index contributed by atoms with van der Waals surface area (Å²) in [6.45, 7) is 5.51. The van der Waals surface area contributed by atoms with E-state index in [0.29, 0.717) is 35.5 Å². The maximum absolute atomic E-state index is 13.4. The molecule has 0 fully saturated rings. The van der Waals surface area contributed by atoms with Gasteiger partial charge in [0.1, 0.15) is 5.58 Å². The van der Waals surface area contributed by atoms with E-state index in [9.17, 15) is 9.59 Å². The number of amides is 1. The van der Waals surface area contributed by atoms with Crippen LogP contribution >= 0.6 is 0 Å². The Morgan fingerprint density at radius 3 is 2.38 bits per heavy atom. The number of fused-ring (bicyclic) bond motifs is 2. The van der Waals surface area contributed by atoms with Gasteiger partial charge in [0.15, 0.2) is 5.43 Å². The van der Waals surface area contributed by atoms with E-state index in [0.717, 1.165) is 5.56 Å². The quantitative estimate of drug-likeness (QED) is 0.660. The zero-order chi connectivity index (χ0) is 20.7. The highest BCUT2D eigenvalue weighted by atomic mass is 16.3. The van der Waals surface area contributed by atoms with Crippen molar-refractivity contribution >= 4 is 16.9 Å². The lowest BCUT2D eigenvalue weighted by atomic mass is 9.95. The Labute approximate surface area is 170 Å². The maximum atomic E-state index is 13.4. The Morgan fingerprint density at radius 2 is 1.72 bits per heavy atom. The highest BCUT2D eigenvalue weighted by Gasteiger charge is 2.42. The number of carbonyl (C=O) groups excluding carboxylic acids is 1. The molecule has 1 aliphatic heterocycles. The van der Waals surface area contributed by atoms with Gasteiger partial charge >= 0.3 is 0 Å². The molecule has 150 valence electrons. The molecule has 3 aromatic rings. The molecule has 0 unspecified atom stereocenters.